The molecule has 0 atom stereocenters. The van der Waals surface area contributed by atoms with Crippen molar-refractivity contribution in [3.8, 4) is 45.3 Å². The number of rotatable bonds is 9. The first-order valence-electron chi connectivity index (χ1n) is 21.9. The van der Waals surface area contributed by atoms with Gasteiger partial charge in [-0.05, 0) is 138 Å². The molecule has 64 heavy (non-hydrogen) atoms. The number of halogens is 5. The van der Waals surface area contributed by atoms with E-state index in [9.17, 15) is 5.11 Å². The molecule has 0 unspecified atom stereocenters. The average Bonchev–Trinajstić information content (AvgIpc) is 3.14. The summed E-state index contributed by atoms with van der Waals surface area (Å²) in [4.78, 5) is 2.38. The predicted molar refractivity (Wildman–Crippen MR) is 289 cm³/mol. The molecule has 5 nitrogen and oxygen atoms in total. The summed E-state index contributed by atoms with van der Waals surface area (Å²) in [6.07, 6.45) is 0. The van der Waals surface area contributed by atoms with Crippen molar-refractivity contribution in [3.05, 3.63) is 93.0 Å². The zero-order chi connectivity index (χ0) is 49.9. The number of methoxy groups -OCH3 is 2. The summed E-state index contributed by atoms with van der Waals surface area (Å²) < 4.78 is 17.8. The third kappa shape index (κ3) is 18.1. The van der Waals surface area contributed by atoms with Gasteiger partial charge in [-0.3, -0.25) is 0 Å². The molecule has 12 heteroatoms. The maximum atomic E-state index is 11.1. The lowest BCUT2D eigenvalue weighted by atomic mass is 9.80. The first kappa shape index (κ1) is 60.4. The fourth-order valence-corrected chi connectivity index (χ4v) is 8.17. The maximum absolute atomic E-state index is 11.1. The van der Waals surface area contributed by atoms with Crippen LogP contribution in [0.5, 0.6) is 23.0 Å². The van der Waals surface area contributed by atoms with Crippen molar-refractivity contribution in [2.75, 3.05) is 33.9 Å². The lowest BCUT2D eigenvalue weighted by molar-refractivity contribution is 0.321. The molecule has 360 valence electrons. The first-order valence-corrected chi connectivity index (χ1v) is 29.0. The molecule has 0 fully saturated rings. The summed E-state index contributed by atoms with van der Waals surface area (Å²) in [5.41, 5.74) is 12.4. The normalized spacial score (nSPS) is 12.0. The average molecular weight is 1020 g/mol. The summed E-state index contributed by atoms with van der Waals surface area (Å²) in [6, 6.07) is 17.0. The maximum Gasteiger partial charge on any atom is 0.284 e. The van der Waals surface area contributed by atoms with E-state index in [0.29, 0.717) is 5.75 Å². The second-order valence-electron chi connectivity index (χ2n) is 20.3. The number of phenolic OH excluding ortho intramolecular Hbond substituents is 1. The molecule has 4 aromatic carbocycles. The van der Waals surface area contributed by atoms with Gasteiger partial charge in [0, 0.05) is 44.5 Å². The lowest BCUT2D eigenvalue weighted by Crippen LogP contribution is -2.21. The second kappa shape index (κ2) is 25.6. The first-order chi connectivity index (χ1) is 29.2. The van der Waals surface area contributed by atoms with Crippen LogP contribution < -0.4 is 14.0 Å². The molecule has 0 bridgehead atoms. The molecule has 0 aromatic heterocycles. The number of aryl methyl sites for hydroxylation is 4. The summed E-state index contributed by atoms with van der Waals surface area (Å²) in [6.45, 7) is 42.9. The second-order valence-corrected chi connectivity index (χ2v) is 28.2. The van der Waals surface area contributed by atoms with Crippen LogP contribution in [0.15, 0.2) is 48.5 Å². The standard InChI is InChI=1S/C23H31Cl2O2P.C23H32O2.C6H15N.Cl3P/c1-14-10-16(20(26-9)18(12-14)22(3,4)5)17-11-15(2)13-19(23(6,7)8)21(17)27-28(24)25;1-14-10-16(20(24)18(12-14)22(3,4)5)17-11-15(2)13-19(21(17)25-9)23(6,7)8;1-4-7(5-2)6-3;1-4(2)3/h10-13H,1-9H3;10-13,24H,1-9H3;4-6H2,1-3H3;. The minimum atomic E-state index is -1.60. The van der Waals surface area contributed by atoms with Crippen LogP contribution in [0.25, 0.3) is 22.3 Å². The number of phenols is 1. The molecular formula is C52H78Cl5NO4P2. The van der Waals surface area contributed by atoms with Crippen LogP contribution in [0.4, 0.5) is 0 Å². The Hall–Kier alpha value is -1.65. The van der Waals surface area contributed by atoms with E-state index in [-0.39, 0.29) is 21.7 Å². The monoisotopic (exact) mass is 1020 g/mol. The van der Waals surface area contributed by atoms with E-state index in [1.807, 2.05) is 6.07 Å². The Balaban J connectivity index is 0.000000521. The SMILES string of the molecule is CCN(CC)CC.COc1c(-c2cc(C)cc(C(C)(C)C)c2O)cc(C)cc1C(C)(C)C.COc1c(-c2cc(C)cc(C(C)(C)C)c2OP(Cl)Cl)cc(C)cc1C(C)(C)C.ClP(Cl)Cl. The Bertz CT molecular complexity index is 2100. The summed E-state index contributed by atoms with van der Waals surface area (Å²) in [5, 5.41) is 11.1. The van der Waals surface area contributed by atoms with Gasteiger partial charge < -0.3 is 24.0 Å². The Morgan fingerprint density at radius 1 is 0.453 bits per heavy atom. The number of aromatic hydroxyl groups is 1. The van der Waals surface area contributed by atoms with Crippen molar-refractivity contribution in [1.29, 1.82) is 0 Å². The molecule has 0 spiro atoms. The highest BCUT2D eigenvalue weighted by molar-refractivity contribution is 8.20. The summed E-state index contributed by atoms with van der Waals surface area (Å²) >= 11 is 26.8. The lowest BCUT2D eigenvalue weighted by Gasteiger charge is -2.28. The van der Waals surface area contributed by atoms with Gasteiger partial charge in [0.05, 0.1) is 14.2 Å². The molecule has 0 aliphatic rings. The fourth-order valence-electron chi connectivity index (χ4n) is 7.42. The van der Waals surface area contributed by atoms with E-state index in [1.165, 1.54) is 30.8 Å². The summed E-state index contributed by atoms with van der Waals surface area (Å²) in [5.74, 6) is 1.59. The van der Waals surface area contributed by atoms with E-state index < -0.39 is 12.8 Å². The minimum absolute atomic E-state index is 0.0432. The van der Waals surface area contributed by atoms with Crippen LogP contribution in [0.1, 0.15) is 148 Å². The van der Waals surface area contributed by atoms with Gasteiger partial charge in [0.25, 0.3) is 6.85 Å². The zero-order valence-corrected chi connectivity index (χ0v) is 48.2. The Kier molecular flexibility index (Phi) is 24.2. The number of ether oxygens (including phenoxy) is 2. The number of nitrogens with zero attached hydrogens (tertiary/aromatic N) is 1. The van der Waals surface area contributed by atoms with Gasteiger partial charge in [-0.1, -0.05) is 162 Å². The van der Waals surface area contributed by atoms with Crippen molar-refractivity contribution < 1.29 is 19.1 Å². The largest absolute Gasteiger partial charge is 0.507 e. The zero-order valence-electron chi connectivity index (χ0n) is 42.6. The quantitative estimate of drug-likeness (QED) is 0.169. The van der Waals surface area contributed by atoms with E-state index in [1.54, 1.807) is 14.2 Å². The molecule has 0 radical (unpaired) electrons. The molecule has 0 heterocycles. The van der Waals surface area contributed by atoms with E-state index in [2.05, 4.69) is 179 Å². The molecular weight excluding hydrogens is 942 g/mol. The van der Waals surface area contributed by atoms with Crippen molar-refractivity contribution in [2.45, 2.75) is 153 Å². The topological polar surface area (TPSA) is 51.2 Å². The molecule has 1 N–H and O–H groups in total. The van der Waals surface area contributed by atoms with E-state index >= 15 is 0 Å². The highest BCUT2D eigenvalue weighted by Crippen LogP contribution is 2.55. The van der Waals surface area contributed by atoms with Crippen LogP contribution in [-0.2, 0) is 21.7 Å². The smallest absolute Gasteiger partial charge is 0.284 e. The molecule has 0 aliphatic carbocycles. The molecule has 0 aliphatic heterocycles. The van der Waals surface area contributed by atoms with Crippen LogP contribution >= 0.6 is 69.0 Å². The van der Waals surface area contributed by atoms with Crippen LogP contribution in [0.3, 0.4) is 0 Å². The van der Waals surface area contributed by atoms with Crippen molar-refractivity contribution in [1.82, 2.24) is 4.90 Å². The minimum Gasteiger partial charge on any atom is -0.507 e. The van der Waals surface area contributed by atoms with Gasteiger partial charge in [0.1, 0.15) is 23.0 Å². The van der Waals surface area contributed by atoms with E-state index in [4.69, 9.17) is 70.2 Å². The van der Waals surface area contributed by atoms with E-state index in [0.717, 1.165) is 72.9 Å². The van der Waals surface area contributed by atoms with Crippen LogP contribution in [-0.4, -0.2) is 43.9 Å². The van der Waals surface area contributed by atoms with Crippen LogP contribution in [0.2, 0.25) is 0 Å². The number of benzene rings is 4. The van der Waals surface area contributed by atoms with Gasteiger partial charge in [0.15, 0.2) is 5.98 Å². The highest BCUT2D eigenvalue weighted by atomic mass is 36.0. The van der Waals surface area contributed by atoms with Gasteiger partial charge in [-0.25, -0.2) is 0 Å². The van der Waals surface area contributed by atoms with Gasteiger partial charge in [0.2, 0.25) is 0 Å². The van der Waals surface area contributed by atoms with Gasteiger partial charge in [-0.15, -0.1) is 0 Å². The molecule has 0 saturated carbocycles. The predicted octanol–water partition coefficient (Wildman–Crippen LogP) is 19.2. The third-order valence-corrected chi connectivity index (χ3v) is 11.4. The van der Waals surface area contributed by atoms with Gasteiger partial charge >= 0.3 is 0 Å². The van der Waals surface area contributed by atoms with Crippen LogP contribution in [0, 0.1) is 27.7 Å². The van der Waals surface area contributed by atoms with Gasteiger partial charge in [-0.2, -0.15) is 0 Å². The summed E-state index contributed by atoms with van der Waals surface area (Å²) in [7, 11) is 3.43. The molecule has 0 amide bonds. The molecule has 0 saturated heterocycles. The van der Waals surface area contributed by atoms with Crippen molar-refractivity contribution in [3.63, 3.8) is 0 Å². The fraction of sp³-hybridized carbons (Fsp3) is 0.538. The molecule has 4 rings (SSSR count). The highest BCUT2D eigenvalue weighted by Gasteiger charge is 2.30. The molecule has 4 aromatic rings. The number of hydrogen-bond acceptors (Lipinski definition) is 5. The van der Waals surface area contributed by atoms with Crippen molar-refractivity contribution in [2.24, 2.45) is 0 Å². The number of hydrogen-bond donors (Lipinski definition) is 1. The Labute approximate surface area is 415 Å². The Morgan fingerprint density at radius 2 is 0.703 bits per heavy atom. The van der Waals surface area contributed by atoms with Crippen molar-refractivity contribution >= 4 is 69.0 Å². The third-order valence-electron chi connectivity index (χ3n) is 10.7. The Morgan fingerprint density at radius 3 is 0.953 bits per heavy atom.